The second kappa shape index (κ2) is 10.6. The summed E-state index contributed by atoms with van der Waals surface area (Å²) in [6, 6.07) is 4.49. The molecule has 3 atom stereocenters. The molecule has 3 heterocycles. The third kappa shape index (κ3) is 5.65. The van der Waals surface area contributed by atoms with Crippen LogP contribution in [0.1, 0.15) is 50.5 Å². The summed E-state index contributed by atoms with van der Waals surface area (Å²) in [4.78, 5) is 11.2. The first-order valence-electron chi connectivity index (χ1n) is 12.9. The summed E-state index contributed by atoms with van der Waals surface area (Å²) in [5.41, 5.74) is 0.813. The van der Waals surface area contributed by atoms with Gasteiger partial charge in [0.05, 0.1) is 29.4 Å². The number of benzene rings is 1. The lowest BCUT2D eigenvalue weighted by atomic mass is 9.85. The van der Waals surface area contributed by atoms with Crippen molar-refractivity contribution in [3.63, 3.8) is 0 Å². The van der Waals surface area contributed by atoms with Crippen molar-refractivity contribution in [1.29, 1.82) is 0 Å². The van der Waals surface area contributed by atoms with E-state index in [4.69, 9.17) is 9.47 Å². The van der Waals surface area contributed by atoms with Crippen molar-refractivity contribution in [1.82, 2.24) is 14.9 Å². The SMILES string of the molecule is Cc1c(Nc2ccc(S(C)(=O)=O)cc2F)ncnc1OC1CC2COC[C@@H](C1)N2CC1CCCCC1. The van der Waals surface area contributed by atoms with Crippen LogP contribution in [0, 0.1) is 18.7 Å². The van der Waals surface area contributed by atoms with E-state index in [9.17, 15) is 12.8 Å². The lowest BCUT2D eigenvalue weighted by Gasteiger charge is -2.49. The van der Waals surface area contributed by atoms with Crippen molar-refractivity contribution in [3.05, 3.63) is 35.9 Å². The van der Waals surface area contributed by atoms with Crippen molar-refractivity contribution in [2.45, 2.75) is 75.0 Å². The predicted octanol–water partition coefficient (Wildman–Crippen LogP) is 4.26. The number of sulfone groups is 1. The molecule has 1 N–H and O–H groups in total. The van der Waals surface area contributed by atoms with Crippen LogP contribution in [0.15, 0.2) is 29.4 Å². The van der Waals surface area contributed by atoms with Gasteiger partial charge in [-0.1, -0.05) is 19.3 Å². The first-order valence-corrected chi connectivity index (χ1v) is 14.8. The topological polar surface area (TPSA) is 93.7 Å². The standard InChI is InChI=1S/C26H35FN4O4S/c1-17-25(30-24-9-8-22(12-23(24)27)36(2,32)33)28-16-29-26(17)35-21-10-19-14-34-15-20(11-21)31(19)13-18-6-4-3-5-7-18/h8-9,12,16,18-21H,3-7,10-11,13-15H2,1-2H3,(H,28,29,30)/t19-,20?,21?/m1/s1. The number of aromatic nitrogens is 2. The fourth-order valence-electron chi connectivity index (χ4n) is 5.79. The Balaban J connectivity index is 1.26. The van der Waals surface area contributed by atoms with Gasteiger partial charge in [0.25, 0.3) is 0 Å². The van der Waals surface area contributed by atoms with Crippen molar-refractivity contribution >= 4 is 21.3 Å². The number of morpholine rings is 1. The minimum atomic E-state index is -3.49. The Bertz CT molecular complexity index is 1170. The van der Waals surface area contributed by atoms with E-state index in [1.54, 1.807) is 0 Å². The van der Waals surface area contributed by atoms with E-state index in [2.05, 4.69) is 20.2 Å². The molecule has 0 spiro atoms. The maximum Gasteiger partial charge on any atom is 0.221 e. The zero-order valence-corrected chi connectivity index (χ0v) is 21.8. The van der Waals surface area contributed by atoms with Crippen LogP contribution in [-0.4, -0.2) is 67.5 Å². The number of hydrogen-bond acceptors (Lipinski definition) is 8. The highest BCUT2D eigenvalue weighted by Crippen LogP contribution is 2.35. The van der Waals surface area contributed by atoms with E-state index in [-0.39, 0.29) is 16.7 Å². The van der Waals surface area contributed by atoms with Crippen molar-refractivity contribution in [3.8, 4) is 5.88 Å². The Morgan fingerprint density at radius 1 is 1.14 bits per heavy atom. The molecule has 2 unspecified atom stereocenters. The van der Waals surface area contributed by atoms with E-state index >= 15 is 0 Å². The van der Waals surface area contributed by atoms with Crippen LogP contribution in [0.3, 0.4) is 0 Å². The second-order valence-electron chi connectivity index (χ2n) is 10.4. The summed E-state index contributed by atoms with van der Waals surface area (Å²) in [7, 11) is -3.49. The molecule has 2 bridgehead atoms. The number of halogens is 1. The van der Waals surface area contributed by atoms with Crippen LogP contribution in [0.4, 0.5) is 15.9 Å². The molecule has 10 heteroatoms. The molecule has 1 aromatic heterocycles. The Morgan fingerprint density at radius 3 is 2.53 bits per heavy atom. The van der Waals surface area contributed by atoms with Gasteiger partial charge in [-0.05, 0) is 43.9 Å². The van der Waals surface area contributed by atoms with Crippen LogP contribution in [0.2, 0.25) is 0 Å². The molecule has 36 heavy (non-hydrogen) atoms. The minimum absolute atomic E-state index is 0.0266. The number of rotatable bonds is 7. The summed E-state index contributed by atoms with van der Waals surface area (Å²) in [5, 5.41) is 2.96. The van der Waals surface area contributed by atoms with Gasteiger partial charge in [-0.15, -0.1) is 0 Å². The predicted molar refractivity (Wildman–Crippen MR) is 135 cm³/mol. The average molecular weight is 519 g/mol. The summed E-state index contributed by atoms with van der Waals surface area (Å²) < 4.78 is 50.3. The van der Waals surface area contributed by atoms with Gasteiger partial charge in [-0.25, -0.2) is 22.8 Å². The Labute approximate surface area is 212 Å². The van der Waals surface area contributed by atoms with Gasteiger partial charge >= 0.3 is 0 Å². The zero-order chi connectivity index (χ0) is 25.3. The van der Waals surface area contributed by atoms with Gasteiger partial charge in [0.1, 0.15) is 24.1 Å². The molecule has 1 aliphatic carbocycles. The normalized spacial score (nSPS) is 25.5. The molecule has 196 valence electrons. The van der Waals surface area contributed by atoms with Crippen molar-refractivity contribution in [2.24, 2.45) is 5.92 Å². The molecule has 2 aromatic rings. The number of fused-ring (bicyclic) bond motifs is 2. The molecule has 1 aromatic carbocycles. The van der Waals surface area contributed by atoms with Crippen LogP contribution >= 0.6 is 0 Å². The molecule has 0 radical (unpaired) electrons. The van der Waals surface area contributed by atoms with Gasteiger partial charge in [0, 0.05) is 37.7 Å². The number of nitrogens with one attached hydrogen (secondary N) is 1. The number of ether oxygens (including phenoxy) is 2. The summed E-state index contributed by atoms with van der Waals surface area (Å²) >= 11 is 0. The largest absolute Gasteiger partial charge is 0.474 e. The number of anilines is 2. The monoisotopic (exact) mass is 518 g/mol. The molecule has 5 rings (SSSR count). The minimum Gasteiger partial charge on any atom is -0.474 e. The van der Waals surface area contributed by atoms with Crippen molar-refractivity contribution in [2.75, 3.05) is 31.3 Å². The molecule has 2 saturated heterocycles. The molecular weight excluding hydrogens is 483 g/mol. The lowest BCUT2D eigenvalue weighted by molar-refractivity contribution is -0.106. The van der Waals surface area contributed by atoms with Crippen LogP contribution < -0.4 is 10.1 Å². The van der Waals surface area contributed by atoms with E-state index in [0.717, 1.165) is 50.8 Å². The molecule has 8 nitrogen and oxygen atoms in total. The average Bonchev–Trinajstić information content (AvgIpc) is 2.83. The molecule has 1 saturated carbocycles. The van der Waals surface area contributed by atoms with Gasteiger partial charge in [-0.2, -0.15) is 0 Å². The van der Waals surface area contributed by atoms with Crippen molar-refractivity contribution < 1.29 is 22.3 Å². The smallest absolute Gasteiger partial charge is 0.221 e. The third-order valence-corrected chi connectivity index (χ3v) is 8.87. The molecule has 3 fully saturated rings. The van der Waals surface area contributed by atoms with Crippen LogP contribution in [0.25, 0.3) is 0 Å². The van der Waals surface area contributed by atoms with Crippen LogP contribution in [0.5, 0.6) is 5.88 Å². The first kappa shape index (κ1) is 25.4. The van der Waals surface area contributed by atoms with Gasteiger partial charge < -0.3 is 14.8 Å². The van der Waals surface area contributed by atoms with E-state index < -0.39 is 15.7 Å². The number of nitrogens with zero attached hydrogens (tertiary/aromatic N) is 3. The van der Waals surface area contributed by atoms with E-state index in [0.29, 0.717) is 29.3 Å². The van der Waals surface area contributed by atoms with Crippen LogP contribution in [-0.2, 0) is 14.6 Å². The number of piperidine rings is 1. The quantitative estimate of drug-likeness (QED) is 0.581. The highest BCUT2D eigenvalue weighted by atomic mass is 32.2. The molecule has 0 amide bonds. The fourth-order valence-corrected chi connectivity index (χ4v) is 6.43. The Morgan fingerprint density at radius 2 is 1.86 bits per heavy atom. The highest BCUT2D eigenvalue weighted by Gasteiger charge is 2.41. The second-order valence-corrected chi connectivity index (χ2v) is 12.5. The maximum absolute atomic E-state index is 14.6. The molecular formula is C26H35FN4O4S. The molecule has 3 aliphatic rings. The Kier molecular flexibility index (Phi) is 7.46. The number of hydrogen-bond donors (Lipinski definition) is 1. The maximum atomic E-state index is 14.6. The fraction of sp³-hybridized carbons (Fsp3) is 0.615. The van der Waals surface area contributed by atoms with Gasteiger partial charge in [0.2, 0.25) is 5.88 Å². The third-order valence-electron chi connectivity index (χ3n) is 7.76. The summed E-state index contributed by atoms with van der Waals surface area (Å²) in [6.45, 7) is 4.47. The lowest BCUT2D eigenvalue weighted by Crippen LogP contribution is -2.60. The van der Waals surface area contributed by atoms with E-state index in [1.807, 2.05) is 6.92 Å². The zero-order valence-electron chi connectivity index (χ0n) is 21.0. The Hall–Kier alpha value is -2.30. The molecule has 2 aliphatic heterocycles. The first-order chi connectivity index (χ1) is 17.3. The highest BCUT2D eigenvalue weighted by molar-refractivity contribution is 7.90. The summed E-state index contributed by atoms with van der Waals surface area (Å²) in [6.07, 6.45) is 11.0. The van der Waals surface area contributed by atoms with Gasteiger partial charge in [0.15, 0.2) is 9.84 Å². The van der Waals surface area contributed by atoms with Gasteiger partial charge in [-0.3, -0.25) is 4.90 Å². The van der Waals surface area contributed by atoms with E-state index in [1.165, 1.54) is 50.6 Å². The summed E-state index contributed by atoms with van der Waals surface area (Å²) in [5.74, 6) is 1.02.